The first-order valence-electron chi connectivity index (χ1n) is 7.33. The lowest BCUT2D eigenvalue weighted by atomic mass is 10.0. The van der Waals surface area contributed by atoms with Gasteiger partial charge in [0, 0.05) is 12.1 Å². The minimum Gasteiger partial charge on any atom is -0.487 e. The second-order valence-electron chi connectivity index (χ2n) is 5.30. The van der Waals surface area contributed by atoms with Crippen molar-refractivity contribution in [1.29, 1.82) is 0 Å². The summed E-state index contributed by atoms with van der Waals surface area (Å²) >= 11 is 0. The van der Waals surface area contributed by atoms with Gasteiger partial charge in [-0.2, -0.15) is 0 Å². The molecular weight excluding hydrogens is 264 g/mol. The highest BCUT2D eigenvalue weighted by molar-refractivity contribution is 5.29. The number of pyridine rings is 1. The van der Waals surface area contributed by atoms with Crippen molar-refractivity contribution < 1.29 is 9.47 Å². The van der Waals surface area contributed by atoms with Crippen LogP contribution in [0.25, 0.3) is 0 Å². The van der Waals surface area contributed by atoms with E-state index in [1.807, 2.05) is 36.4 Å². The van der Waals surface area contributed by atoms with Crippen LogP contribution in [0.1, 0.15) is 18.9 Å². The minimum atomic E-state index is 0.143. The minimum absolute atomic E-state index is 0.143. The maximum Gasteiger partial charge on any atom is 0.141 e. The van der Waals surface area contributed by atoms with Crippen molar-refractivity contribution in [3.63, 3.8) is 0 Å². The SMILES string of the molecule is CC(Oc1cncc(OCc2ccccc2)c1)[C@@H]1CCN1. The Bertz CT molecular complexity index is 570. The van der Waals surface area contributed by atoms with Crippen molar-refractivity contribution in [2.24, 2.45) is 0 Å². The number of rotatable bonds is 6. The highest BCUT2D eigenvalue weighted by Crippen LogP contribution is 2.21. The second-order valence-corrected chi connectivity index (χ2v) is 5.30. The molecular formula is C17H20N2O2. The molecule has 1 unspecified atom stereocenters. The molecule has 2 aromatic rings. The van der Waals surface area contributed by atoms with Crippen LogP contribution in [0.3, 0.4) is 0 Å². The zero-order valence-electron chi connectivity index (χ0n) is 12.2. The molecule has 1 aromatic carbocycles. The largest absolute Gasteiger partial charge is 0.487 e. The Kier molecular flexibility index (Phi) is 4.36. The highest BCUT2D eigenvalue weighted by atomic mass is 16.5. The number of ether oxygens (including phenoxy) is 2. The summed E-state index contributed by atoms with van der Waals surface area (Å²) in [7, 11) is 0. The van der Waals surface area contributed by atoms with Gasteiger partial charge in [-0.25, -0.2) is 0 Å². The van der Waals surface area contributed by atoms with Crippen molar-refractivity contribution >= 4 is 0 Å². The first-order valence-corrected chi connectivity index (χ1v) is 7.33. The third-order valence-corrected chi connectivity index (χ3v) is 3.69. The lowest BCUT2D eigenvalue weighted by Gasteiger charge is -2.33. The van der Waals surface area contributed by atoms with E-state index < -0.39 is 0 Å². The summed E-state index contributed by atoms with van der Waals surface area (Å²) in [5.41, 5.74) is 1.14. The Hall–Kier alpha value is -2.07. The molecule has 0 aliphatic carbocycles. The van der Waals surface area contributed by atoms with E-state index in [9.17, 15) is 0 Å². The number of nitrogens with zero attached hydrogens (tertiary/aromatic N) is 1. The topological polar surface area (TPSA) is 43.4 Å². The normalized spacial score (nSPS) is 18.6. The van der Waals surface area contributed by atoms with E-state index in [-0.39, 0.29) is 6.10 Å². The Morgan fingerprint density at radius 1 is 1.24 bits per heavy atom. The average molecular weight is 284 g/mol. The monoisotopic (exact) mass is 284 g/mol. The van der Waals surface area contributed by atoms with Crippen LogP contribution >= 0.6 is 0 Å². The van der Waals surface area contributed by atoms with Gasteiger partial charge in [0.25, 0.3) is 0 Å². The fourth-order valence-corrected chi connectivity index (χ4v) is 2.29. The summed E-state index contributed by atoms with van der Waals surface area (Å²) < 4.78 is 11.7. The molecule has 1 N–H and O–H groups in total. The quantitative estimate of drug-likeness (QED) is 0.886. The van der Waals surface area contributed by atoms with Gasteiger partial charge in [0.15, 0.2) is 0 Å². The Labute approximate surface area is 125 Å². The summed E-state index contributed by atoms with van der Waals surface area (Å²) in [4.78, 5) is 4.18. The summed E-state index contributed by atoms with van der Waals surface area (Å²) in [5.74, 6) is 1.48. The van der Waals surface area contributed by atoms with Gasteiger partial charge in [-0.15, -0.1) is 0 Å². The molecule has 21 heavy (non-hydrogen) atoms. The van der Waals surface area contributed by atoms with Gasteiger partial charge in [-0.3, -0.25) is 4.98 Å². The van der Waals surface area contributed by atoms with Crippen molar-refractivity contribution in [1.82, 2.24) is 10.3 Å². The first kappa shape index (κ1) is 13.9. The van der Waals surface area contributed by atoms with Crippen LogP contribution in [-0.4, -0.2) is 23.7 Å². The molecule has 4 heteroatoms. The van der Waals surface area contributed by atoms with Gasteiger partial charge in [0.05, 0.1) is 12.4 Å². The summed E-state index contributed by atoms with van der Waals surface area (Å²) in [6.07, 6.45) is 4.75. The fraction of sp³-hybridized carbons (Fsp3) is 0.353. The van der Waals surface area contributed by atoms with E-state index in [2.05, 4.69) is 17.2 Å². The van der Waals surface area contributed by atoms with Gasteiger partial charge < -0.3 is 14.8 Å². The zero-order chi connectivity index (χ0) is 14.5. The van der Waals surface area contributed by atoms with Gasteiger partial charge >= 0.3 is 0 Å². The van der Waals surface area contributed by atoms with E-state index in [0.29, 0.717) is 12.6 Å². The predicted octanol–water partition coefficient (Wildman–Crippen LogP) is 2.79. The number of hydrogen-bond donors (Lipinski definition) is 1. The van der Waals surface area contributed by atoms with E-state index in [4.69, 9.17) is 9.47 Å². The van der Waals surface area contributed by atoms with Gasteiger partial charge in [-0.05, 0) is 25.5 Å². The molecule has 1 aliphatic heterocycles. The molecule has 1 aliphatic rings. The Morgan fingerprint density at radius 3 is 2.71 bits per heavy atom. The fourth-order valence-electron chi connectivity index (χ4n) is 2.29. The van der Waals surface area contributed by atoms with Crippen LogP contribution < -0.4 is 14.8 Å². The van der Waals surface area contributed by atoms with E-state index in [1.165, 1.54) is 6.42 Å². The molecule has 0 bridgehead atoms. The lowest BCUT2D eigenvalue weighted by molar-refractivity contribution is 0.132. The van der Waals surface area contributed by atoms with Crippen LogP contribution in [0.15, 0.2) is 48.8 Å². The average Bonchev–Trinajstić information content (AvgIpc) is 2.45. The third kappa shape index (κ3) is 3.73. The molecule has 0 radical (unpaired) electrons. The smallest absolute Gasteiger partial charge is 0.141 e. The van der Waals surface area contributed by atoms with E-state index in [0.717, 1.165) is 23.6 Å². The molecule has 2 heterocycles. The summed E-state index contributed by atoms with van der Waals surface area (Å²) in [5, 5.41) is 3.35. The Balaban J connectivity index is 1.57. The maximum absolute atomic E-state index is 5.91. The van der Waals surface area contributed by atoms with E-state index >= 15 is 0 Å². The third-order valence-electron chi connectivity index (χ3n) is 3.69. The van der Waals surface area contributed by atoms with Crippen molar-refractivity contribution in [2.75, 3.05) is 6.54 Å². The molecule has 1 aromatic heterocycles. The number of hydrogen-bond acceptors (Lipinski definition) is 4. The van der Waals surface area contributed by atoms with E-state index in [1.54, 1.807) is 12.4 Å². The molecule has 0 saturated carbocycles. The van der Waals surface area contributed by atoms with Crippen LogP contribution in [-0.2, 0) is 6.61 Å². The van der Waals surface area contributed by atoms with Crippen molar-refractivity contribution in [3.05, 3.63) is 54.4 Å². The molecule has 110 valence electrons. The van der Waals surface area contributed by atoms with Crippen molar-refractivity contribution in [2.45, 2.75) is 32.1 Å². The van der Waals surface area contributed by atoms with Crippen LogP contribution in [0.5, 0.6) is 11.5 Å². The van der Waals surface area contributed by atoms with Crippen LogP contribution in [0.2, 0.25) is 0 Å². The molecule has 3 rings (SSSR count). The molecule has 1 fully saturated rings. The van der Waals surface area contributed by atoms with Crippen LogP contribution in [0.4, 0.5) is 0 Å². The lowest BCUT2D eigenvalue weighted by Crippen LogP contribution is -2.51. The standard InChI is InChI=1S/C17H20N2O2/c1-13(17-7-8-19-17)21-16-9-15(10-18-11-16)20-12-14-5-3-2-4-6-14/h2-6,9-11,13,17,19H,7-8,12H2,1H3/t13?,17-/m0/s1. The zero-order valence-corrected chi connectivity index (χ0v) is 12.2. The molecule has 4 nitrogen and oxygen atoms in total. The number of benzene rings is 1. The van der Waals surface area contributed by atoms with Crippen LogP contribution in [0, 0.1) is 0 Å². The van der Waals surface area contributed by atoms with Gasteiger partial charge in [0.1, 0.15) is 24.2 Å². The second kappa shape index (κ2) is 6.59. The summed E-state index contributed by atoms with van der Waals surface area (Å²) in [6, 6.07) is 12.4. The highest BCUT2D eigenvalue weighted by Gasteiger charge is 2.24. The van der Waals surface area contributed by atoms with Gasteiger partial charge in [0.2, 0.25) is 0 Å². The maximum atomic E-state index is 5.91. The van der Waals surface area contributed by atoms with Gasteiger partial charge in [-0.1, -0.05) is 30.3 Å². The number of aromatic nitrogens is 1. The molecule has 0 amide bonds. The van der Waals surface area contributed by atoms with Crippen molar-refractivity contribution in [3.8, 4) is 11.5 Å². The molecule has 1 saturated heterocycles. The predicted molar refractivity (Wildman–Crippen MR) is 81.5 cm³/mol. The molecule has 2 atom stereocenters. The molecule has 0 spiro atoms. The summed E-state index contributed by atoms with van der Waals surface area (Å²) in [6.45, 7) is 3.69. The Morgan fingerprint density at radius 2 is 2.00 bits per heavy atom. The number of nitrogens with one attached hydrogen (secondary N) is 1. The first-order chi connectivity index (χ1) is 10.3.